The standard InChI is InChI=1S/C20H30N4O3.HI/c1-3-21-20(23-13-9-15-27-4-2)22-12-7-8-14-24-18(25)16-10-5-6-11-17(16)19(24)26;/h5-6,10-11H,3-4,7-9,12-15H2,1-2H3,(H2,21,22,23);1H. The maximum absolute atomic E-state index is 12.3. The molecule has 0 aliphatic carbocycles. The molecule has 0 radical (unpaired) electrons. The highest BCUT2D eigenvalue weighted by molar-refractivity contribution is 14.0. The lowest BCUT2D eigenvalue weighted by molar-refractivity contribution is 0.0652. The number of nitrogens with zero attached hydrogens (tertiary/aromatic N) is 2. The number of carbonyl (C=O) groups excluding carboxylic acids is 2. The second kappa shape index (κ2) is 13.5. The van der Waals surface area contributed by atoms with Crippen molar-refractivity contribution in [2.45, 2.75) is 33.1 Å². The number of unbranched alkanes of at least 4 members (excludes halogenated alkanes) is 1. The SMILES string of the molecule is CCNC(=NCCCOCC)NCCCCN1C(=O)c2ccccc2C1=O.I. The molecule has 0 saturated heterocycles. The van der Waals surface area contributed by atoms with Crippen LogP contribution in [0.15, 0.2) is 29.3 Å². The molecule has 1 heterocycles. The number of fused-ring (bicyclic) bond motifs is 1. The Balaban J connectivity index is 0.00000392. The van der Waals surface area contributed by atoms with Gasteiger partial charge in [-0.3, -0.25) is 19.5 Å². The molecule has 0 saturated carbocycles. The monoisotopic (exact) mass is 502 g/mol. The first kappa shape index (κ1) is 24.4. The fourth-order valence-electron chi connectivity index (χ4n) is 2.89. The summed E-state index contributed by atoms with van der Waals surface area (Å²) in [5.41, 5.74) is 1.02. The van der Waals surface area contributed by atoms with Crippen molar-refractivity contribution in [3.8, 4) is 0 Å². The average Bonchev–Trinajstić information content (AvgIpc) is 2.92. The van der Waals surface area contributed by atoms with Crippen molar-refractivity contribution in [1.29, 1.82) is 0 Å². The van der Waals surface area contributed by atoms with Gasteiger partial charge >= 0.3 is 0 Å². The third-order valence-electron chi connectivity index (χ3n) is 4.24. The lowest BCUT2D eigenvalue weighted by Gasteiger charge is -2.14. The minimum atomic E-state index is -0.187. The molecule has 0 atom stereocenters. The van der Waals surface area contributed by atoms with Gasteiger partial charge in [0.05, 0.1) is 11.1 Å². The highest BCUT2D eigenvalue weighted by Gasteiger charge is 2.34. The van der Waals surface area contributed by atoms with Gasteiger partial charge in [0.2, 0.25) is 0 Å². The predicted molar refractivity (Wildman–Crippen MR) is 122 cm³/mol. The van der Waals surface area contributed by atoms with Crippen molar-refractivity contribution in [2.24, 2.45) is 4.99 Å². The quantitative estimate of drug-likeness (QED) is 0.160. The summed E-state index contributed by atoms with van der Waals surface area (Å²) >= 11 is 0. The van der Waals surface area contributed by atoms with Crippen molar-refractivity contribution in [2.75, 3.05) is 39.4 Å². The molecule has 156 valence electrons. The molecule has 2 rings (SSSR count). The Bertz CT molecular complexity index is 632. The molecule has 1 aromatic rings. The van der Waals surface area contributed by atoms with E-state index >= 15 is 0 Å². The first-order valence-corrected chi connectivity index (χ1v) is 9.74. The van der Waals surface area contributed by atoms with Crippen LogP contribution in [0.3, 0.4) is 0 Å². The number of aliphatic imine (C=N–C) groups is 1. The van der Waals surface area contributed by atoms with Crippen LogP contribution in [0.1, 0.15) is 53.8 Å². The Morgan fingerprint density at radius 3 is 2.32 bits per heavy atom. The minimum Gasteiger partial charge on any atom is -0.382 e. The first-order chi connectivity index (χ1) is 13.2. The number of hydrogen-bond donors (Lipinski definition) is 2. The Morgan fingerprint density at radius 2 is 1.71 bits per heavy atom. The molecule has 0 aromatic heterocycles. The average molecular weight is 502 g/mol. The number of rotatable bonds is 11. The second-order valence-corrected chi connectivity index (χ2v) is 6.25. The number of amides is 2. The number of ether oxygens (including phenoxy) is 1. The van der Waals surface area contributed by atoms with E-state index < -0.39 is 0 Å². The zero-order chi connectivity index (χ0) is 19.5. The summed E-state index contributed by atoms with van der Waals surface area (Å²) in [6.07, 6.45) is 2.49. The van der Waals surface area contributed by atoms with Crippen LogP contribution in [0.5, 0.6) is 0 Å². The Morgan fingerprint density at radius 1 is 1.04 bits per heavy atom. The van der Waals surface area contributed by atoms with E-state index in [1.165, 1.54) is 4.90 Å². The van der Waals surface area contributed by atoms with Crippen LogP contribution in [-0.4, -0.2) is 62.1 Å². The molecule has 2 amide bonds. The van der Waals surface area contributed by atoms with Crippen LogP contribution < -0.4 is 10.6 Å². The Kier molecular flexibility index (Phi) is 11.7. The number of benzene rings is 1. The van der Waals surface area contributed by atoms with Crippen molar-refractivity contribution in [1.82, 2.24) is 15.5 Å². The molecular weight excluding hydrogens is 471 g/mol. The van der Waals surface area contributed by atoms with Crippen LogP contribution in [0, 0.1) is 0 Å². The number of imide groups is 1. The predicted octanol–water partition coefficient (Wildman–Crippen LogP) is 2.66. The van der Waals surface area contributed by atoms with E-state index in [0.29, 0.717) is 24.2 Å². The van der Waals surface area contributed by atoms with Gasteiger partial charge in [0.25, 0.3) is 11.8 Å². The highest BCUT2D eigenvalue weighted by atomic mass is 127. The second-order valence-electron chi connectivity index (χ2n) is 6.25. The number of nitrogens with one attached hydrogen (secondary N) is 2. The normalized spacial score (nSPS) is 13.4. The summed E-state index contributed by atoms with van der Waals surface area (Å²) in [7, 11) is 0. The number of carbonyl (C=O) groups is 2. The largest absolute Gasteiger partial charge is 0.382 e. The molecule has 0 unspecified atom stereocenters. The van der Waals surface area contributed by atoms with E-state index in [2.05, 4.69) is 15.6 Å². The molecule has 1 aliphatic rings. The number of hydrogen-bond acceptors (Lipinski definition) is 4. The van der Waals surface area contributed by atoms with E-state index in [1.807, 2.05) is 13.8 Å². The third-order valence-corrected chi connectivity index (χ3v) is 4.24. The van der Waals surface area contributed by atoms with Gasteiger partial charge in [-0.1, -0.05) is 12.1 Å². The Hall–Kier alpha value is -1.68. The van der Waals surface area contributed by atoms with Crippen LogP contribution in [0.4, 0.5) is 0 Å². The highest BCUT2D eigenvalue weighted by Crippen LogP contribution is 2.22. The summed E-state index contributed by atoms with van der Waals surface area (Å²) < 4.78 is 5.31. The molecule has 0 spiro atoms. The molecule has 0 bridgehead atoms. The van der Waals surface area contributed by atoms with E-state index in [4.69, 9.17) is 4.74 Å². The van der Waals surface area contributed by atoms with Gasteiger partial charge in [-0.2, -0.15) is 0 Å². The molecule has 0 fully saturated rings. The number of halogens is 1. The zero-order valence-corrected chi connectivity index (χ0v) is 19.0. The lowest BCUT2D eigenvalue weighted by Crippen LogP contribution is -2.38. The molecular formula is C20H31IN4O3. The minimum absolute atomic E-state index is 0. The molecule has 1 aromatic carbocycles. The lowest BCUT2D eigenvalue weighted by atomic mass is 10.1. The summed E-state index contributed by atoms with van der Waals surface area (Å²) in [5, 5.41) is 6.50. The van der Waals surface area contributed by atoms with Crippen molar-refractivity contribution < 1.29 is 14.3 Å². The van der Waals surface area contributed by atoms with Crippen LogP contribution in [0.25, 0.3) is 0 Å². The van der Waals surface area contributed by atoms with Gasteiger partial charge in [0.1, 0.15) is 0 Å². The maximum atomic E-state index is 12.3. The van der Waals surface area contributed by atoms with E-state index in [9.17, 15) is 9.59 Å². The third kappa shape index (κ3) is 7.05. The Labute approximate surface area is 184 Å². The van der Waals surface area contributed by atoms with E-state index in [0.717, 1.165) is 51.5 Å². The van der Waals surface area contributed by atoms with Gasteiger partial charge < -0.3 is 15.4 Å². The summed E-state index contributed by atoms with van der Waals surface area (Å²) in [6.45, 7) is 8.15. The van der Waals surface area contributed by atoms with E-state index in [1.54, 1.807) is 24.3 Å². The van der Waals surface area contributed by atoms with Crippen LogP contribution in [0.2, 0.25) is 0 Å². The summed E-state index contributed by atoms with van der Waals surface area (Å²) in [5.74, 6) is 0.412. The van der Waals surface area contributed by atoms with Crippen molar-refractivity contribution in [3.63, 3.8) is 0 Å². The van der Waals surface area contributed by atoms with Crippen molar-refractivity contribution in [3.05, 3.63) is 35.4 Å². The van der Waals surface area contributed by atoms with Gasteiger partial charge in [-0.25, -0.2) is 0 Å². The summed E-state index contributed by atoms with van der Waals surface area (Å²) in [6, 6.07) is 6.99. The molecule has 1 aliphatic heterocycles. The van der Waals surface area contributed by atoms with Gasteiger partial charge in [0, 0.05) is 39.4 Å². The smallest absolute Gasteiger partial charge is 0.261 e. The molecule has 2 N–H and O–H groups in total. The topological polar surface area (TPSA) is 83.0 Å². The molecule has 7 nitrogen and oxygen atoms in total. The van der Waals surface area contributed by atoms with E-state index in [-0.39, 0.29) is 35.8 Å². The van der Waals surface area contributed by atoms with Gasteiger partial charge in [0.15, 0.2) is 5.96 Å². The van der Waals surface area contributed by atoms with Crippen LogP contribution in [-0.2, 0) is 4.74 Å². The van der Waals surface area contributed by atoms with Gasteiger partial charge in [-0.15, -0.1) is 24.0 Å². The van der Waals surface area contributed by atoms with Crippen molar-refractivity contribution >= 4 is 41.8 Å². The summed E-state index contributed by atoms with van der Waals surface area (Å²) in [4.78, 5) is 30.5. The molecule has 8 heteroatoms. The van der Waals surface area contributed by atoms with Crippen LogP contribution >= 0.6 is 24.0 Å². The maximum Gasteiger partial charge on any atom is 0.261 e. The fraction of sp³-hybridized carbons (Fsp3) is 0.550. The first-order valence-electron chi connectivity index (χ1n) is 9.74. The molecule has 28 heavy (non-hydrogen) atoms. The number of guanidine groups is 1. The fourth-order valence-corrected chi connectivity index (χ4v) is 2.89. The zero-order valence-electron chi connectivity index (χ0n) is 16.7. The van der Waals surface area contributed by atoms with Gasteiger partial charge in [-0.05, 0) is 45.2 Å².